The van der Waals surface area contributed by atoms with Gasteiger partial charge >= 0.3 is 0 Å². The standard InChI is InChI=1S/C23H30N2O3/c1-27-22-7-6-19(23(16-22)28-2)15-21(26)10-13-25-11-8-17(9-12-25)18-4-3-5-20(24)14-18/h3-7,14,16-17H,8-13,15,24H2,1-2H3. The van der Waals surface area contributed by atoms with E-state index in [1.54, 1.807) is 14.2 Å². The third-order valence-corrected chi connectivity index (χ3v) is 5.56. The topological polar surface area (TPSA) is 64.8 Å². The van der Waals surface area contributed by atoms with Crippen molar-refractivity contribution >= 4 is 11.5 Å². The average Bonchev–Trinajstić information content (AvgIpc) is 2.73. The van der Waals surface area contributed by atoms with Crippen LogP contribution in [0.1, 0.15) is 36.3 Å². The molecule has 2 N–H and O–H groups in total. The lowest BCUT2D eigenvalue weighted by Crippen LogP contribution is -2.34. The van der Waals surface area contributed by atoms with E-state index in [1.165, 1.54) is 5.56 Å². The van der Waals surface area contributed by atoms with Crippen molar-refractivity contribution in [1.29, 1.82) is 0 Å². The molecule has 0 saturated carbocycles. The van der Waals surface area contributed by atoms with Crippen LogP contribution >= 0.6 is 0 Å². The summed E-state index contributed by atoms with van der Waals surface area (Å²) in [6.07, 6.45) is 3.19. The van der Waals surface area contributed by atoms with Crippen molar-refractivity contribution in [2.45, 2.75) is 31.6 Å². The molecule has 0 spiro atoms. The minimum Gasteiger partial charge on any atom is -0.497 e. The third-order valence-electron chi connectivity index (χ3n) is 5.56. The molecule has 0 amide bonds. The predicted octanol–water partition coefficient (Wildman–Crippen LogP) is 3.67. The number of methoxy groups -OCH3 is 2. The highest BCUT2D eigenvalue weighted by Gasteiger charge is 2.21. The quantitative estimate of drug-likeness (QED) is 0.706. The summed E-state index contributed by atoms with van der Waals surface area (Å²) in [4.78, 5) is 14.9. The number of anilines is 1. The number of ether oxygens (including phenoxy) is 2. The molecule has 28 heavy (non-hydrogen) atoms. The number of hydrogen-bond donors (Lipinski definition) is 1. The molecule has 150 valence electrons. The smallest absolute Gasteiger partial charge is 0.138 e. The highest BCUT2D eigenvalue weighted by Crippen LogP contribution is 2.29. The van der Waals surface area contributed by atoms with Crippen molar-refractivity contribution in [3.8, 4) is 11.5 Å². The second-order valence-corrected chi connectivity index (χ2v) is 7.43. The zero-order valence-electron chi connectivity index (χ0n) is 16.8. The molecular formula is C23H30N2O3. The summed E-state index contributed by atoms with van der Waals surface area (Å²) >= 11 is 0. The van der Waals surface area contributed by atoms with Gasteiger partial charge in [0.2, 0.25) is 0 Å². The molecule has 0 radical (unpaired) electrons. The van der Waals surface area contributed by atoms with Gasteiger partial charge in [0, 0.05) is 36.7 Å². The Bertz CT molecular complexity index is 798. The molecule has 0 aliphatic carbocycles. The first-order valence-electron chi connectivity index (χ1n) is 9.89. The van der Waals surface area contributed by atoms with E-state index in [4.69, 9.17) is 15.2 Å². The van der Waals surface area contributed by atoms with Crippen LogP contribution in [-0.2, 0) is 11.2 Å². The highest BCUT2D eigenvalue weighted by molar-refractivity contribution is 5.81. The molecule has 1 fully saturated rings. The fourth-order valence-corrected chi connectivity index (χ4v) is 3.88. The number of piperidine rings is 1. The van der Waals surface area contributed by atoms with Gasteiger partial charge in [-0.05, 0) is 55.6 Å². The monoisotopic (exact) mass is 382 g/mol. The molecule has 1 aliphatic rings. The van der Waals surface area contributed by atoms with Gasteiger partial charge in [0.15, 0.2) is 0 Å². The van der Waals surface area contributed by atoms with E-state index in [9.17, 15) is 4.79 Å². The Morgan fingerprint density at radius 1 is 1.11 bits per heavy atom. The van der Waals surface area contributed by atoms with Gasteiger partial charge in [-0.15, -0.1) is 0 Å². The molecule has 1 saturated heterocycles. The third kappa shape index (κ3) is 5.26. The van der Waals surface area contributed by atoms with Gasteiger partial charge in [0.1, 0.15) is 17.3 Å². The highest BCUT2D eigenvalue weighted by atomic mass is 16.5. The average molecular weight is 383 g/mol. The van der Waals surface area contributed by atoms with Crippen LogP contribution < -0.4 is 15.2 Å². The molecule has 1 aliphatic heterocycles. The van der Waals surface area contributed by atoms with Crippen LogP contribution in [0.5, 0.6) is 11.5 Å². The molecule has 1 heterocycles. The van der Waals surface area contributed by atoms with E-state index in [0.717, 1.165) is 49.5 Å². The number of likely N-dealkylation sites (tertiary alicyclic amines) is 1. The maximum Gasteiger partial charge on any atom is 0.138 e. The van der Waals surface area contributed by atoms with Crippen molar-refractivity contribution in [2.75, 3.05) is 39.6 Å². The summed E-state index contributed by atoms with van der Waals surface area (Å²) in [5.41, 5.74) is 8.99. The fourth-order valence-electron chi connectivity index (χ4n) is 3.88. The Morgan fingerprint density at radius 2 is 1.89 bits per heavy atom. The molecule has 0 unspecified atom stereocenters. The number of nitrogens with two attached hydrogens (primary N) is 1. The van der Waals surface area contributed by atoms with Gasteiger partial charge in [-0.1, -0.05) is 18.2 Å². The molecule has 2 aromatic rings. The van der Waals surface area contributed by atoms with E-state index in [-0.39, 0.29) is 5.78 Å². The first-order valence-corrected chi connectivity index (χ1v) is 9.89. The largest absolute Gasteiger partial charge is 0.497 e. The summed E-state index contributed by atoms with van der Waals surface area (Å²) < 4.78 is 10.6. The van der Waals surface area contributed by atoms with Crippen LogP contribution in [0.25, 0.3) is 0 Å². The van der Waals surface area contributed by atoms with Crippen molar-refractivity contribution in [3.63, 3.8) is 0 Å². The van der Waals surface area contributed by atoms with Crippen LogP contribution in [0.15, 0.2) is 42.5 Å². The van der Waals surface area contributed by atoms with E-state index >= 15 is 0 Å². The van der Waals surface area contributed by atoms with Gasteiger partial charge in [-0.3, -0.25) is 4.79 Å². The van der Waals surface area contributed by atoms with Gasteiger partial charge in [-0.2, -0.15) is 0 Å². The molecule has 5 nitrogen and oxygen atoms in total. The Morgan fingerprint density at radius 3 is 2.57 bits per heavy atom. The van der Waals surface area contributed by atoms with E-state index < -0.39 is 0 Å². The van der Waals surface area contributed by atoms with E-state index in [1.807, 2.05) is 30.3 Å². The van der Waals surface area contributed by atoms with Gasteiger partial charge in [0.05, 0.1) is 14.2 Å². The normalized spacial score (nSPS) is 15.4. The second-order valence-electron chi connectivity index (χ2n) is 7.43. The van der Waals surface area contributed by atoms with Crippen molar-refractivity contribution < 1.29 is 14.3 Å². The van der Waals surface area contributed by atoms with Crippen molar-refractivity contribution in [2.24, 2.45) is 0 Å². The maximum atomic E-state index is 12.5. The Balaban J connectivity index is 1.46. The summed E-state index contributed by atoms with van der Waals surface area (Å²) in [6, 6.07) is 13.8. The minimum atomic E-state index is 0.237. The molecule has 0 aromatic heterocycles. The van der Waals surface area contributed by atoms with E-state index in [0.29, 0.717) is 24.5 Å². The number of benzene rings is 2. The summed E-state index contributed by atoms with van der Waals surface area (Å²) in [5.74, 6) is 2.24. The van der Waals surface area contributed by atoms with Crippen LogP contribution in [0.4, 0.5) is 5.69 Å². The number of carbonyl (C=O) groups is 1. The Kier molecular flexibility index (Phi) is 6.93. The number of hydrogen-bond acceptors (Lipinski definition) is 5. The summed E-state index contributed by atoms with van der Waals surface area (Å²) in [6.45, 7) is 2.87. The van der Waals surface area contributed by atoms with E-state index in [2.05, 4.69) is 17.0 Å². The number of nitrogen functional groups attached to an aromatic ring is 1. The maximum absolute atomic E-state index is 12.5. The number of Topliss-reactive ketones (excluding diaryl/α,β-unsaturated/α-hetero) is 1. The first-order chi connectivity index (χ1) is 13.6. The van der Waals surface area contributed by atoms with Gasteiger partial charge in [0.25, 0.3) is 0 Å². The molecule has 5 heteroatoms. The Labute approximate surface area is 167 Å². The molecular weight excluding hydrogens is 352 g/mol. The lowest BCUT2D eigenvalue weighted by Gasteiger charge is -2.32. The predicted molar refractivity (Wildman–Crippen MR) is 112 cm³/mol. The minimum absolute atomic E-state index is 0.237. The number of rotatable bonds is 8. The van der Waals surface area contributed by atoms with Crippen LogP contribution in [0, 0.1) is 0 Å². The summed E-state index contributed by atoms with van der Waals surface area (Å²) in [7, 11) is 3.24. The summed E-state index contributed by atoms with van der Waals surface area (Å²) in [5, 5.41) is 0. The Hall–Kier alpha value is -2.53. The second kappa shape index (κ2) is 9.60. The lowest BCUT2D eigenvalue weighted by atomic mass is 9.89. The van der Waals surface area contributed by atoms with Crippen LogP contribution in [-0.4, -0.2) is 44.5 Å². The van der Waals surface area contributed by atoms with Crippen molar-refractivity contribution in [3.05, 3.63) is 53.6 Å². The van der Waals surface area contributed by atoms with Gasteiger partial charge < -0.3 is 20.1 Å². The lowest BCUT2D eigenvalue weighted by molar-refractivity contribution is -0.118. The number of nitrogens with zero attached hydrogens (tertiary/aromatic N) is 1. The molecule has 3 rings (SSSR count). The van der Waals surface area contributed by atoms with Crippen LogP contribution in [0.3, 0.4) is 0 Å². The molecule has 0 bridgehead atoms. The fraction of sp³-hybridized carbons (Fsp3) is 0.435. The van der Waals surface area contributed by atoms with Crippen LogP contribution in [0.2, 0.25) is 0 Å². The molecule has 2 aromatic carbocycles. The number of ketones is 1. The van der Waals surface area contributed by atoms with Crippen molar-refractivity contribution in [1.82, 2.24) is 4.90 Å². The number of carbonyl (C=O) groups excluding carboxylic acids is 1. The molecule has 0 atom stereocenters. The zero-order valence-corrected chi connectivity index (χ0v) is 16.8. The van der Waals surface area contributed by atoms with Gasteiger partial charge in [-0.25, -0.2) is 0 Å². The SMILES string of the molecule is COc1ccc(CC(=O)CCN2CCC(c3cccc(N)c3)CC2)c(OC)c1. The first kappa shape index (κ1) is 20.2. The zero-order chi connectivity index (χ0) is 19.9.